The van der Waals surface area contributed by atoms with Gasteiger partial charge in [-0.3, -0.25) is 4.79 Å². The van der Waals surface area contributed by atoms with E-state index in [2.05, 4.69) is 21.5 Å². The van der Waals surface area contributed by atoms with Crippen LogP contribution in [0, 0.1) is 0 Å². The molecule has 3 rings (SSSR count). The number of thiophene rings is 1. The summed E-state index contributed by atoms with van der Waals surface area (Å²) in [5.41, 5.74) is 2.49. The largest absolute Gasteiger partial charge is 0.497 e. The Morgan fingerprint density at radius 1 is 1.15 bits per heavy atom. The first-order valence-electron chi connectivity index (χ1n) is 8.68. The van der Waals surface area contributed by atoms with Gasteiger partial charge in [-0.25, -0.2) is 5.43 Å². The van der Waals surface area contributed by atoms with Crippen molar-refractivity contribution in [2.24, 2.45) is 5.10 Å². The van der Waals surface area contributed by atoms with Crippen LogP contribution in [0.3, 0.4) is 0 Å². The van der Waals surface area contributed by atoms with Crippen LogP contribution in [0.4, 0.5) is 5.00 Å². The topological polar surface area (TPSA) is 63.2 Å². The second-order valence-corrected chi connectivity index (χ2v) is 7.07. The number of hydrogen-bond donors (Lipinski definition) is 1. The van der Waals surface area contributed by atoms with E-state index >= 15 is 0 Å². The first kappa shape index (κ1) is 18.3. The normalized spacial score (nSPS) is 14.4. The Hall–Kier alpha value is -2.54. The van der Waals surface area contributed by atoms with E-state index in [9.17, 15) is 4.79 Å². The molecule has 0 bridgehead atoms. The van der Waals surface area contributed by atoms with Gasteiger partial charge in [-0.1, -0.05) is 0 Å². The number of anilines is 1. The zero-order chi connectivity index (χ0) is 18.2. The van der Waals surface area contributed by atoms with Crippen LogP contribution in [0.25, 0.3) is 0 Å². The Kier molecular flexibility index (Phi) is 6.49. The van der Waals surface area contributed by atoms with Crippen molar-refractivity contribution in [3.8, 4) is 11.5 Å². The summed E-state index contributed by atoms with van der Waals surface area (Å²) in [7, 11) is 1.60. The molecule has 6 nitrogen and oxygen atoms in total. The molecule has 7 heteroatoms. The predicted molar refractivity (Wildman–Crippen MR) is 105 cm³/mol. The highest BCUT2D eigenvalue weighted by Crippen LogP contribution is 2.27. The first-order chi connectivity index (χ1) is 12.7. The molecular weight excluding hydrogens is 350 g/mol. The van der Waals surface area contributed by atoms with Gasteiger partial charge in [-0.15, -0.1) is 11.3 Å². The molecule has 0 saturated carbocycles. The van der Waals surface area contributed by atoms with Gasteiger partial charge in [-0.05, 0) is 55.7 Å². The van der Waals surface area contributed by atoms with Gasteiger partial charge in [0.1, 0.15) is 11.5 Å². The van der Waals surface area contributed by atoms with E-state index in [1.807, 2.05) is 6.07 Å². The second-order valence-electron chi connectivity index (χ2n) is 5.98. The van der Waals surface area contributed by atoms with Gasteiger partial charge in [0.25, 0.3) is 5.91 Å². The molecule has 1 aliphatic heterocycles. The number of benzene rings is 1. The summed E-state index contributed by atoms with van der Waals surface area (Å²) in [5.74, 6) is 1.05. The highest BCUT2D eigenvalue weighted by atomic mass is 32.1. The molecule has 0 atom stereocenters. The van der Waals surface area contributed by atoms with Gasteiger partial charge in [0, 0.05) is 18.0 Å². The number of methoxy groups -OCH3 is 1. The van der Waals surface area contributed by atoms with Crippen molar-refractivity contribution in [1.82, 2.24) is 5.43 Å². The lowest BCUT2D eigenvalue weighted by Crippen LogP contribution is -2.28. The van der Waals surface area contributed by atoms with Crippen LogP contribution in [0.15, 0.2) is 41.5 Å². The van der Waals surface area contributed by atoms with E-state index in [-0.39, 0.29) is 12.5 Å². The maximum Gasteiger partial charge on any atom is 0.277 e. The van der Waals surface area contributed by atoms with E-state index in [0.29, 0.717) is 5.75 Å². The number of ether oxygens (including phenoxy) is 2. The summed E-state index contributed by atoms with van der Waals surface area (Å²) >= 11 is 1.69. The molecule has 138 valence electrons. The standard InChI is InChI=1S/C19H23N3O3S/c1-24-15-5-7-16(8-6-15)25-14-18(23)21-20-13-17-9-10-19(26-17)22-11-3-2-4-12-22/h5-10,13H,2-4,11-12,14H2,1H3,(H,21,23)/b20-13+. The van der Waals surface area contributed by atoms with Crippen molar-refractivity contribution in [3.05, 3.63) is 41.3 Å². The smallest absolute Gasteiger partial charge is 0.277 e. The summed E-state index contributed by atoms with van der Waals surface area (Å²) in [5, 5.41) is 5.27. The van der Waals surface area contributed by atoms with Gasteiger partial charge in [-0.2, -0.15) is 5.10 Å². The van der Waals surface area contributed by atoms with Gasteiger partial charge in [0.05, 0.1) is 18.3 Å². The molecule has 0 aliphatic carbocycles. The van der Waals surface area contributed by atoms with E-state index in [1.165, 1.54) is 24.3 Å². The first-order valence-corrected chi connectivity index (χ1v) is 9.50. The minimum Gasteiger partial charge on any atom is -0.497 e. The third-order valence-electron chi connectivity index (χ3n) is 4.09. The molecule has 2 aromatic rings. The number of nitrogens with zero attached hydrogens (tertiary/aromatic N) is 2. The predicted octanol–water partition coefficient (Wildman–Crippen LogP) is 3.28. The number of hydrogen-bond acceptors (Lipinski definition) is 6. The van der Waals surface area contributed by atoms with Crippen LogP contribution in [-0.2, 0) is 4.79 Å². The van der Waals surface area contributed by atoms with Crippen LogP contribution >= 0.6 is 11.3 Å². The number of amides is 1. The minimum atomic E-state index is -0.301. The van der Waals surface area contributed by atoms with Gasteiger partial charge in [0.15, 0.2) is 6.61 Å². The zero-order valence-electron chi connectivity index (χ0n) is 14.8. The fraction of sp³-hybridized carbons (Fsp3) is 0.368. The minimum absolute atomic E-state index is 0.0901. The quantitative estimate of drug-likeness (QED) is 0.598. The zero-order valence-corrected chi connectivity index (χ0v) is 15.6. The SMILES string of the molecule is COc1ccc(OCC(=O)N/N=C/c2ccc(N3CCCCC3)s2)cc1. The molecule has 1 aromatic heterocycles. The average Bonchev–Trinajstić information content (AvgIpc) is 3.16. The van der Waals surface area contributed by atoms with Gasteiger partial charge in [0.2, 0.25) is 0 Å². The van der Waals surface area contributed by atoms with E-state index in [0.717, 1.165) is 23.7 Å². The molecule has 1 saturated heterocycles. The van der Waals surface area contributed by atoms with E-state index in [4.69, 9.17) is 9.47 Å². The Morgan fingerprint density at radius 2 is 1.88 bits per heavy atom. The summed E-state index contributed by atoms with van der Waals surface area (Å²) < 4.78 is 10.5. The summed E-state index contributed by atoms with van der Waals surface area (Å²) in [6.45, 7) is 2.15. The molecule has 0 spiro atoms. The number of rotatable bonds is 7. The molecule has 26 heavy (non-hydrogen) atoms. The third-order valence-corrected chi connectivity index (χ3v) is 5.17. The molecular formula is C19H23N3O3S. The monoisotopic (exact) mass is 373 g/mol. The van der Waals surface area contributed by atoms with Crippen molar-refractivity contribution >= 4 is 28.5 Å². The Bertz CT molecular complexity index is 737. The molecule has 0 radical (unpaired) electrons. The molecule has 1 aromatic carbocycles. The highest BCUT2D eigenvalue weighted by Gasteiger charge is 2.12. The van der Waals surface area contributed by atoms with Crippen molar-refractivity contribution in [1.29, 1.82) is 0 Å². The molecule has 1 aliphatic rings. The molecule has 0 unspecified atom stereocenters. The maximum atomic E-state index is 11.8. The van der Waals surface area contributed by atoms with Crippen molar-refractivity contribution < 1.29 is 14.3 Å². The number of carbonyl (C=O) groups excluding carboxylic acids is 1. The Labute approximate surface area is 157 Å². The lowest BCUT2D eigenvalue weighted by atomic mass is 10.1. The number of nitrogens with one attached hydrogen (secondary N) is 1. The van der Waals surface area contributed by atoms with Crippen LogP contribution in [-0.4, -0.2) is 38.9 Å². The molecule has 2 heterocycles. The molecule has 1 amide bonds. The number of piperidine rings is 1. The lowest BCUT2D eigenvalue weighted by Gasteiger charge is -2.27. The summed E-state index contributed by atoms with van der Waals surface area (Å²) in [6, 6.07) is 11.2. The Morgan fingerprint density at radius 3 is 2.62 bits per heavy atom. The van der Waals surface area contributed by atoms with Gasteiger partial charge < -0.3 is 14.4 Å². The summed E-state index contributed by atoms with van der Waals surface area (Å²) in [4.78, 5) is 15.2. The number of hydrazone groups is 1. The maximum absolute atomic E-state index is 11.8. The fourth-order valence-electron chi connectivity index (χ4n) is 2.72. The Balaban J connectivity index is 1.42. The lowest BCUT2D eigenvalue weighted by molar-refractivity contribution is -0.123. The van der Waals surface area contributed by atoms with Crippen LogP contribution in [0.1, 0.15) is 24.1 Å². The molecule has 1 N–H and O–H groups in total. The van der Waals surface area contributed by atoms with Crippen LogP contribution in [0.2, 0.25) is 0 Å². The van der Waals surface area contributed by atoms with E-state index < -0.39 is 0 Å². The van der Waals surface area contributed by atoms with Crippen molar-refractivity contribution in [3.63, 3.8) is 0 Å². The highest BCUT2D eigenvalue weighted by molar-refractivity contribution is 7.17. The fourth-order valence-corrected chi connectivity index (χ4v) is 3.65. The number of carbonyl (C=O) groups is 1. The molecule has 1 fully saturated rings. The van der Waals surface area contributed by atoms with E-state index in [1.54, 1.807) is 48.9 Å². The van der Waals surface area contributed by atoms with Crippen LogP contribution in [0.5, 0.6) is 11.5 Å². The third kappa shape index (κ3) is 5.23. The summed E-state index contributed by atoms with van der Waals surface area (Å²) in [6.07, 6.45) is 5.50. The van der Waals surface area contributed by atoms with Crippen molar-refractivity contribution in [2.75, 3.05) is 31.7 Å². The van der Waals surface area contributed by atoms with Gasteiger partial charge >= 0.3 is 0 Å². The second kappa shape index (κ2) is 9.24. The van der Waals surface area contributed by atoms with Crippen LogP contribution < -0.4 is 19.8 Å². The van der Waals surface area contributed by atoms with Crippen molar-refractivity contribution in [2.45, 2.75) is 19.3 Å². The average molecular weight is 373 g/mol.